The predicted octanol–water partition coefficient (Wildman–Crippen LogP) is 3.66. The highest BCUT2D eigenvalue weighted by Crippen LogP contribution is 2.22. The van der Waals surface area contributed by atoms with E-state index in [-0.39, 0.29) is 18.1 Å². The average Bonchev–Trinajstić information content (AvgIpc) is 2.99. The number of piperidine rings is 2. The van der Waals surface area contributed by atoms with Gasteiger partial charge < -0.3 is 15.0 Å². The van der Waals surface area contributed by atoms with Crippen molar-refractivity contribution >= 4 is 11.7 Å². The number of aromatic nitrogens is 2. The molecule has 3 aromatic rings. The van der Waals surface area contributed by atoms with Crippen LogP contribution in [0.5, 0.6) is 5.75 Å². The van der Waals surface area contributed by atoms with Gasteiger partial charge in [0, 0.05) is 51.6 Å². The smallest absolute Gasteiger partial charge is 0.272 e. The quantitative estimate of drug-likeness (QED) is 0.500. The summed E-state index contributed by atoms with van der Waals surface area (Å²) in [6, 6.07) is 22.9. The van der Waals surface area contributed by atoms with Crippen molar-refractivity contribution in [2.24, 2.45) is 0 Å². The van der Waals surface area contributed by atoms with Gasteiger partial charge in [0.2, 0.25) is 0 Å². The van der Waals surface area contributed by atoms with Gasteiger partial charge in [-0.15, -0.1) is 10.2 Å². The Morgan fingerprint density at radius 3 is 2.08 bits per heavy atom. The molecule has 3 heterocycles. The number of nitrogens with one attached hydrogen (secondary N) is 1. The fourth-order valence-corrected chi connectivity index (χ4v) is 5.06. The van der Waals surface area contributed by atoms with Crippen LogP contribution in [0.25, 0.3) is 0 Å². The summed E-state index contributed by atoms with van der Waals surface area (Å²) >= 11 is 0. The molecule has 0 aliphatic carbocycles. The van der Waals surface area contributed by atoms with Crippen molar-refractivity contribution in [1.29, 1.82) is 10.5 Å². The summed E-state index contributed by atoms with van der Waals surface area (Å²) in [6.45, 7) is 4.24. The Morgan fingerprint density at radius 1 is 0.846 bits per heavy atom. The lowest BCUT2D eigenvalue weighted by molar-refractivity contribution is 0.0903. The molecule has 1 N–H and O–H groups in total. The van der Waals surface area contributed by atoms with Gasteiger partial charge in [-0.05, 0) is 66.9 Å². The van der Waals surface area contributed by atoms with Crippen LogP contribution in [-0.2, 0) is 6.54 Å². The summed E-state index contributed by atoms with van der Waals surface area (Å²) in [4.78, 5) is 17.3. The van der Waals surface area contributed by atoms with E-state index in [0.29, 0.717) is 16.8 Å². The number of carbonyl (C=O) groups excluding carboxylic acids is 1. The Morgan fingerprint density at radius 2 is 1.49 bits per heavy atom. The zero-order chi connectivity index (χ0) is 27.0. The zero-order valence-electron chi connectivity index (χ0n) is 21.8. The van der Waals surface area contributed by atoms with Crippen LogP contribution in [0.2, 0.25) is 0 Å². The lowest BCUT2D eigenvalue weighted by atomic mass is 10.0. The van der Waals surface area contributed by atoms with Crippen LogP contribution in [0, 0.1) is 22.7 Å². The molecule has 1 aromatic heterocycles. The molecule has 5 rings (SSSR count). The highest BCUT2D eigenvalue weighted by molar-refractivity contribution is 5.92. The zero-order valence-corrected chi connectivity index (χ0v) is 21.8. The third kappa shape index (κ3) is 6.90. The number of hydrogen-bond acceptors (Lipinski definition) is 8. The highest BCUT2D eigenvalue weighted by Gasteiger charge is 2.24. The SMILES string of the molecule is N#Cc1ccc(CN2CCC(NC(=O)c3ccc(N4CCC(Oc5ccc(C#N)cc5)CC4)nn3)CC2)cc1. The number of carbonyl (C=O) groups is 1. The summed E-state index contributed by atoms with van der Waals surface area (Å²) in [5, 5.41) is 29.5. The summed E-state index contributed by atoms with van der Waals surface area (Å²) in [5.74, 6) is 1.35. The number of likely N-dealkylation sites (tertiary alicyclic amines) is 1. The van der Waals surface area contributed by atoms with E-state index in [9.17, 15) is 4.79 Å². The van der Waals surface area contributed by atoms with Gasteiger partial charge in [-0.25, -0.2) is 0 Å². The molecule has 0 atom stereocenters. The first-order chi connectivity index (χ1) is 19.1. The van der Waals surface area contributed by atoms with Crippen molar-refractivity contribution in [3.8, 4) is 17.9 Å². The predicted molar refractivity (Wildman–Crippen MR) is 146 cm³/mol. The summed E-state index contributed by atoms with van der Waals surface area (Å²) < 4.78 is 6.07. The van der Waals surface area contributed by atoms with Crippen molar-refractivity contribution in [3.63, 3.8) is 0 Å². The Hall–Kier alpha value is -4.47. The Bertz CT molecular complexity index is 1330. The number of rotatable bonds is 7. The number of nitriles is 2. The number of benzene rings is 2. The van der Waals surface area contributed by atoms with Gasteiger partial charge in [-0.2, -0.15) is 10.5 Å². The molecule has 0 radical (unpaired) electrons. The van der Waals surface area contributed by atoms with Crippen molar-refractivity contribution in [1.82, 2.24) is 20.4 Å². The van der Waals surface area contributed by atoms with Crippen molar-refractivity contribution in [2.75, 3.05) is 31.1 Å². The van der Waals surface area contributed by atoms with Crippen LogP contribution in [0.1, 0.15) is 52.9 Å². The average molecular weight is 522 g/mol. The third-order valence-corrected chi connectivity index (χ3v) is 7.35. The molecule has 0 spiro atoms. The molecule has 2 fully saturated rings. The largest absolute Gasteiger partial charge is 0.490 e. The van der Waals surface area contributed by atoms with Crippen LogP contribution in [0.3, 0.4) is 0 Å². The fraction of sp³-hybridized carbons (Fsp3) is 0.367. The maximum absolute atomic E-state index is 12.8. The second-order valence-corrected chi connectivity index (χ2v) is 10.0. The molecule has 2 aliphatic heterocycles. The van der Waals surface area contributed by atoms with E-state index in [1.54, 1.807) is 18.2 Å². The molecule has 1 amide bonds. The van der Waals surface area contributed by atoms with E-state index in [0.717, 1.165) is 70.0 Å². The Kier molecular flexibility index (Phi) is 8.30. The Balaban J connectivity index is 1.05. The molecule has 39 heavy (non-hydrogen) atoms. The molecule has 0 saturated carbocycles. The van der Waals surface area contributed by atoms with Crippen LogP contribution in [0.15, 0.2) is 60.7 Å². The van der Waals surface area contributed by atoms with Gasteiger partial charge in [0.05, 0.1) is 23.3 Å². The number of amides is 1. The molecule has 0 bridgehead atoms. The van der Waals surface area contributed by atoms with Crippen molar-refractivity contribution in [2.45, 2.75) is 44.4 Å². The topological polar surface area (TPSA) is 118 Å². The summed E-state index contributed by atoms with van der Waals surface area (Å²) in [5.41, 5.74) is 2.81. The molecule has 9 nitrogen and oxygen atoms in total. The lowest BCUT2D eigenvalue weighted by Gasteiger charge is -2.33. The number of ether oxygens (including phenoxy) is 1. The monoisotopic (exact) mass is 521 g/mol. The second-order valence-electron chi connectivity index (χ2n) is 10.0. The molecule has 0 unspecified atom stereocenters. The molecule has 2 aromatic carbocycles. The van der Waals surface area contributed by atoms with Gasteiger partial charge in [-0.1, -0.05) is 12.1 Å². The van der Waals surface area contributed by atoms with Gasteiger partial charge in [0.25, 0.3) is 5.91 Å². The fourth-order valence-electron chi connectivity index (χ4n) is 5.06. The van der Waals surface area contributed by atoms with Gasteiger partial charge >= 0.3 is 0 Å². The molecule has 2 aliphatic rings. The van der Waals surface area contributed by atoms with Gasteiger partial charge in [-0.3, -0.25) is 9.69 Å². The number of nitrogens with zero attached hydrogens (tertiary/aromatic N) is 6. The summed E-state index contributed by atoms with van der Waals surface area (Å²) in [7, 11) is 0. The van der Waals surface area contributed by atoms with E-state index < -0.39 is 0 Å². The van der Waals surface area contributed by atoms with Gasteiger partial charge in [0.1, 0.15) is 11.9 Å². The first kappa shape index (κ1) is 26.1. The molecule has 9 heteroatoms. The standard InChI is InChI=1S/C30H31N7O2/c31-19-22-1-3-24(4-2-22)21-36-15-11-25(12-16-36)33-30(38)28-9-10-29(35-34-28)37-17-13-27(14-18-37)39-26-7-5-23(20-32)6-8-26/h1-10,25,27H,11-18,21H2,(H,33,38). The molecular formula is C30H31N7O2. The van der Waals surface area contributed by atoms with Crippen LogP contribution >= 0.6 is 0 Å². The molecular weight excluding hydrogens is 490 g/mol. The van der Waals surface area contributed by atoms with Crippen LogP contribution in [0.4, 0.5) is 5.82 Å². The lowest BCUT2D eigenvalue weighted by Crippen LogP contribution is -2.44. The van der Waals surface area contributed by atoms with Crippen LogP contribution < -0.4 is 15.0 Å². The maximum atomic E-state index is 12.8. The minimum absolute atomic E-state index is 0.114. The minimum Gasteiger partial charge on any atom is -0.490 e. The van der Waals surface area contributed by atoms with E-state index >= 15 is 0 Å². The minimum atomic E-state index is -0.186. The van der Waals surface area contributed by atoms with E-state index in [1.165, 1.54) is 5.56 Å². The summed E-state index contributed by atoms with van der Waals surface area (Å²) in [6.07, 6.45) is 3.59. The maximum Gasteiger partial charge on any atom is 0.272 e. The van der Waals surface area contributed by atoms with E-state index in [2.05, 4.69) is 37.5 Å². The normalized spacial score (nSPS) is 16.7. The number of anilines is 1. The third-order valence-electron chi connectivity index (χ3n) is 7.35. The van der Waals surface area contributed by atoms with Gasteiger partial charge in [0.15, 0.2) is 11.5 Å². The first-order valence-electron chi connectivity index (χ1n) is 13.4. The Labute approximate surface area is 228 Å². The van der Waals surface area contributed by atoms with E-state index in [1.807, 2.05) is 42.5 Å². The molecule has 198 valence electrons. The van der Waals surface area contributed by atoms with E-state index in [4.69, 9.17) is 15.3 Å². The van der Waals surface area contributed by atoms with Crippen molar-refractivity contribution < 1.29 is 9.53 Å². The number of hydrogen-bond donors (Lipinski definition) is 1. The molecule has 2 saturated heterocycles. The second kappa shape index (κ2) is 12.4. The first-order valence-corrected chi connectivity index (χ1v) is 13.4. The van der Waals surface area contributed by atoms with Crippen LogP contribution in [-0.4, -0.2) is 59.3 Å². The van der Waals surface area contributed by atoms with Crippen molar-refractivity contribution in [3.05, 3.63) is 83.0 Å². The highest BCUT2D eigenvalue weighted by atomic mass is 16.5.